The molecule has 0 amide bonds. The van der Waals surface area contributed by atoms with Crippen LogP contribution < -0.4 is 4.90 Å². The minimum Gasteiger partial charge on any atom is -0.313 e. The van der Waals surface area contributed by atoms with Crippen LogP contribution in [-0.4, -0.2) is 9.13 Å². The summed E-state index contributed by atoms with van der Waals surface area (Å²) in [5.41, 5.74) is 27.0. The fourth-order valence-electron chi connectivity index (χ4n) is 13.4. The summed E-state index contributed by atoms with van der Waals surface area (Å²) < 4.78 is 4.92. The molecule has 0 fully saturated rings. The lowest BCUT2D eigenvalue weighted by Crippen LogP contribution is -2.15. The topological polar surface area (TPSA) is 13.1 Å². The number of fused-ring (bicyclic) bond motifs is 9. The Hall–Kier alpha value is -10.2. The summed E-state index contributed by atoms with van der Waals surface area (Å²) in [7, 11) is 0. The third-order valence-electron chi connectivity index (χ3n) is 17.3. The SMILES string of the molecule is C1=CC(n2c3ccccc3c3cc(-c4ccc(-c5ccc6c(c5)c5cc(-c7ccc(C8=CC=C9C(C8)c8ccccc8N9c8ccccc8)cc7)ccc5n6-c5ccc(-c6ccccc6)cc5-c5ccccc5)cc4)ccc32)=CCC1. The van der Waals surface area contributed by atoms with Crippen molar-refractivity contribution >= 4 is 66.3 Å². The van der Waals surface area contributed by atoms with Gasteiger partial charge in [0.05, 0.1) is 27.8 Å². The lowest BCUT2D eigenvalue weighted by atomic mass is 9.84. The fourth-order valence-corrected chi connectivity index (χ4v) is 13.4. The van der Waals surface area contributed by atoms with Crippen LogP contribution in [0.25, 0.3) is 116 Å². The highest BCUT2D eigenvalue weighted by molar-refractivity contribution is 6.13. The summed E-state index contributed by atoms with van der Waals surface area (Å²) in [6, 6.07) is 96.7. The monoisotopic (exact) mass is 1030 g/mol. The molecule has 13 aromatic rings. The maximum absolute atomic E-state index is 2.49. The van der Waals surface area contributed by atoms with Crippen molar-refractivity contribution in [2.45, 2.75) is 25.2 Å². The third kappa shape index (κ3) is 7.95. The number of para-hydroxylation sites is 3. The summed E-state index contributed by atoms with van der Waals surface area (Å²) >= 11 is 0. The van der Waals surface area contributed by atoms with Gasteiger partial charge in [0.25, 0.3) is 0 Å². The Labute approximate surface area is 472 Å². The first-order valence-electron chi connectivity index (χ1n) is 28.5. The van der Waals surface area contributed by atoms with E-state index >= 15 is 0 Å². The number of hydrogen-bond donors (Lipinski definition) is 0. The number of anilines is 2. The lowest BCUT2D eigenvalue weighted by molar-refractivity contribution is 0.832. The van der Waals surface area contributed by atoms with E-state index in [1.165, 1.54) is 139 Å². The van der Waals surface area contributed by atoms with Crippen molar-refractivity contribution in [1.82, 2.24) is 9.13 Å². The highest BCUT2D eigenvalue weighted by atomic mass is 15.2. The van der Waals surface area contributed by atoms with Crippen molar-refractivity contribution in [2.24, 2.45) is 0 Å². The molecular formula is C78H55N3. The Morgan fingerprint density at radius 1 is 0.333 bits per heavy atom. The van der Waals surface area contributed by atoms with Crippen LogP contribution in [-0.2, 0) is 0 Å². The molecule has 0 bridgehead atoms. The van der Waals surface area contributed by atoms with Gasteiger partial charge in [-0.2, -0.15) is 0 Å². The molecule has 1 aliphatic heterocycles. The molecular weight excluding hydrogens is 979 g/mol. The molecule has 3 heteroatoms. The van der Waals surface area contributed by atoms with Gasteiger partial charge in [-0.3, -0.25) is 0 Å². The Morgan fingerprint density at radius 3 is 1.47 bits per heavy atom. The molecule has 3 heterocycles. The summed E-state index contributed by atoms with van der Waals surface area (Å²) in [6.07, 6.45) is 14.8. The first-order chi connectivity index (χ1) is 40.2. The molecule has 1 unspecified atom stereocenters. The van der Waals surface area contributed by atoms with E-state index in [4.69, 9.17) is 0 Å². The molecule has 3 aliphatic rings. The summed E-state index contributed by atoms with van der Waals surface area (Å²) in [6.45, 7) is 0. The zero-order chi connectivity index (χ0) is 53.4. The van der Waals surface area contributed by atoms with Crippen LogP contribution in [0.2, 0.25) is 0 Å². The van der Waals surface area contributed by atoms with Crippen molar-refractivity contribution in [1.29, 1.82) is 0 Å². The number of allylic oxidation sites excluding steroid dienone is 8. The number of hydrogen-bond acceptors (Lipinski definition) is 1. The van der Waals surface area contributed by atoms with Crippen LogP contribution in [0.5, 0.6) is 0 Å². The summed E-state index contributed by atoms with van der Waals surface area (Å²) in [5.74, 6) is 0.303. The van der Waals surface area contributed by atoms with Gasteiger partial charge < -0.3 is 14.0 Å². The number of benzene rings is 11. The van der Waals surface area contributed by atoms with Gasteiger partial charge in [0, 0.05) is 55.8 Å². The minimum atomic E-state index is 0.303. The van der Waals surface area contributed by atoms with E-state index in [0.717, 1.165) is 24.9 Å². The molecule has 2 aromatic heterocycles. The molecule has 0 N–H and O–H groups in total. The standard InChI is InChI=1S/C78H55N3/c1-5-17-52(18-6-1)58-37-42-74(67(47-58)57-19-7-2-8-20-57)81-77-45-40-61(55-33-29-53(30-34-55)59-38-43-75-68(48-59)65-25-13-15-27-72(65)79(75)63-21-9-3-10-22-63)50-70(77)71-51-62(41-46-78(71)81)56-35-31-54(32-36-56)60-39-44-76-69(49-60)66-26-14-16-28-73(66)80(76)64-23-11-4-12-24-64/h1-3,5-11,13-47,49-51,68H,4,12,48H2. The fraction of sp³-hybridized carbons (Fsp3) is 0.0513. The molecule has 0 radical (unpaired) electrons. The maximum Gasteiger partial charge on any atom is 0.0541 e. The zero-order valence-corrected chi connectivity index (χ0v) is 44.8. The third-order valence-corrected chi connectivity index (χ3v) is 17.3. The molecule has 81 heavy (non-hydrogen) atoms. The predicted molar refractivity (Wildman–Crippen MR) is 342 cm³/mol. The van der Waals surface area contributed by atoms with Gasteiger partial charge in [0.1, 0.15) is 0 Å². The molecule has 1 atom stereocenters. The molecule has 16 rings (SSSR count). The van der Waals surface area contributed by atoms with E-state index in [-0.39, 0.29) is 0 Å². The van der Waals surface area contributed by atoms with Crippen LogP contribution in [0.3, 0.4) is 0 Å². The number of nitrogens with zero attached hydrogens (tertiary/aromatic N) is 3. The van der Waals surface area contributed by atoms with Gasteiger partial charge in [0.15, 0.2) is 0 Å². The highest BCUT2D eigenvalue weighted by Crippen LogP contribution is 2.53. The second-order valence-corrected chi connectivity index (χ2v) is 21.9. The lowest BCUT2D eigenvalue weighted by Gasteiger charge is -2.26. The van der Waals surface area contributed by atoms with Crippen molar-refractivity contribution < 1.29 is 0 Å². The minimum absolute atomic E-state index is 0.303. The van der Waals surface area contributed by atoms with Gasteiger partial charge in [0.2, 0.25) is 0 Å². The zero-order valence-electron chi connectivity index (χ0n) is 44.8. The Kier molecular flexibility index (Phi) is 11.2. The predicted octanol–water partition coefficient (Wildman–Crippen LogP) is 21.0. The van der Waals surface area contributed by atoms with Crippen molar-refractivity contribution in [2.75, 3.05) is 4.90 Å². The van der Waals surface area contributed by atoms with Gasteiger partial charge in [-0.15, -0.1) is 0 Å². The Morgan fingerprint density at radius 2 is 0.827 bits per heavy atom. The van der Waals surface area contributed by atoms with E-state index in [2.05, 4.69) is 305 Å². The van der Waals surface area contributed by atoms with Gasteiger partial charge >= 0.3 is 0 Å². The molecule has 3 nitrogen and oxygen atoms in total. The second kappa shape index (κ2) is 19.3. The number of rotatable bonds is 9. The summed E-state index contributed by atoms with van der Waals surface area (Å²) in [5, 5.41) is 5.00. The molecule has 0 saturated carbocycles. The quantitative estimate of drug-likeness (QED) is 0.140. The molecule has 2 aliphatic carbocycles. The van der Waals surface area contributed by atoms with Crippen LogP contribution in [0.1, 0.15) is 36.3 Å². The highest BCUT2D eigenvalue weighted by Gasteiger charge is 2.36. The van der Waals surface area contributed by atoms with E-state index < -0.39 is 0 Å². The molecule has 11 aromatic carbocycles. The van der Waals surface area contributed by atoms with Gasteiger partial charge in [-0.25, -0.2) is 0 Å². The molecule has 0 spiro atoms. The van der Waals surface area contributed by atoms with E-state index in [1.807, 2.05) is 0 Å². The van der Waals surface area contributed by atoms with E-state index in [1.54, 1.807) is 0 Å². The van der Waals surface area contributed by atoms with Crippen LogP contribution >= 0.6 is 0 Å². The van der Waals surface area contributed by atoms with Crippen LogP contribution in [0.4, 0.5) is 11.4 Å². The first-order valence-corrected chi connectivity index (χ1v) is 28.5. The Balaban J connectivity index is 0.789. The average molecular weight is 1030 g/mol. The van der Waals surface area contributed by atoms with Crippen molar-refractivity contribution in [3.8, 4) is 61.3 Å². The van der Waals surface area contributed by atoms with Crippen LogP contribution in [0, 0.1) is 0 Å². The first kappa shape index (κ1) is 46.8. The van der Waals surface area contributed by atoms with E-state index in [0.29, 0.717) is 5.92 Å². The average Bonchev–Trinajstić information content (AvgIpc) is 4.34. The van der Waals surface area contributed by atoms with Crippen molar-refractivity contribution in [3.63, 3.8) is 0 Å². The normalized spacial score (nSPS) is 14.8. The van der Waals surface area contributed by atoms with E-state index in [9.17, 15) is 0 Å². The van der Waals surface area contributed by atoms with Gasteiger partial charge in [-0.1, -0.05) is 206 Å². The Bertz CT molecular complexity index is 4740. The molecule has 382 valence electrons. The second-order valence-electron chi connectivity index (χ2n) is 21.9. The van der Waals surface area contributed by atoms with Gasteiger partial charge in [-0.05, 0) is 171 Å². The van der Waals surface area contributed by atoms with Crippen molar-refractivity contribution in [3.05, 3.63) is 308 Å². The maximum atomic E-state index is 2.49. The number of aromatic nitrogens is 2. The summed E-state index contributed by atoms with van der Waals surface area (Å²) in [4.78, 5) is 2.45. The largest absolute Gasteiger partial charge is 0.313 e. The van der Waals surface area contributed by atoms with Crippen LogP contribution in [0.15, 0.2) is 297 Å². The molecule has 0 saturated heterocycles. The smallest absolute Gasteiger partial charge is 0.0541 e.